The quantitative estimate of drug-likeness (QED) is 0.147. The first kappa shape index (κ1) is 106. The van der Waals surface area contributed by atoms with E-state index in [4.69, 9.17) is 0 Å². The maximum atomic E-state index is 3.88. The molecule has 5 heterocycles. The Morgan fingerprint density at radius 3 is 0.754 bits per heavy atom. The fourth-order valence-electron chi connectivity index (χ4n) is 2.44. The van der Waals surface area contributed by atoms with Gasteiger partial charge in [-0.25, -0.2) is 34.9 Å². The molecule has 5 aromatic heterocycles. The van der Waals surface area contributed by atoms with Gasteiger partial charge in [0.1, 0.15) is 31.1 Å². The Labute approximate surface area is 436 Å². The molecule has 6 aromatic rings. The van der Waals surface area contributed by atoms with Crippen LogP contribution < -0.4 is 0 Å². The summed E-state index contributed by atoms with van der Waals surface area (Å²) in [5, 5.41) is 0. The smallest absolute Gasteiger partial charge is 0.128 e. The third kappa shape index (κ3) is 127. The molecule has 0 aliphatic rings. The number of pyridine rings is 2. The van der Waals surface area contributed by atoms with Gasteiger partial charge in [0.2, 0.25) is 0 Å². The standard InChI is InChI=1S/C7H8.2C6H7N.2C5H6N2.C4H5N3.12C2H6.3CH4/c1-7-5-3-2-4-6-7;1-6-2-4-7-5-3-6;1-6-3-2-4-7-5-6;1-5-2-6-4-7-3-5;1-5-2-3-6-4-7-5;1-4-6-2-5-3-7-4;12*1-2;;;/h2-6H,1H3;2*2-5H,1H3;2*2-4H,1H3;2-3H,1H3;12*1-2H3;3*1H4. The summed E-state index contributed by atoms with van der Waals surface area (Å²) in [6, 6.07) is 20.0. The molecule has 9 nitrogen and oxygen atoms in total. The molecule has 9 heteroatoms. The molecule has 0 aliphatic carbocycles. The number of aromatic nitrogens is 9. The number of hydrogen-bond donors (Lipinski definition) is 0. The average molecular weight is 971 g/mol. The average Bonchev–Trinajstić information content (AvgIpc) is 3.43. The number of rotatable bonds is 0. The van der Waals surface area contributed by atoms with E-state index in [1.54, 1.807) is 37.2 Å². The minimum Gasteiger partial charge on any atom is -0.265 e. The number of nitrogens with zero attached hydrogens (tertiary/aromatic N) is 9. The normalized spacial score (nSPS) is 6.35. The zero-order valence-corrected chi connectivity index (χ0v) is 49.1. The molecule has 0 amide bonds. The first-order valence-corrected chi connectivity index (χ1v) is 25.1. The van der Waals surface area contributed by atoms with Crippen molar-refractivity contribution in [2.24, 2.45) is 0 Å². The van der Waals surface area contributed by atoms with Crippen molar-refractivity contribution in [3.63, 3.8) is 0 Å². The third-order valence-corrected chi connectivity index (χ3v) is 4.64. The topological polar surface area (TPSA) is 116 Å². The molecule has 0 radical (unpaired) electrons. The summed E-state index contributed by atoms with van der Waals surface area (Å²) in [6.07, 6.45) is 18.5. The molecular formula is C60H123N9. The van der Waals surface area contributed by atoms with E-state index in [0.29, 0.717) is 0 Å². The second kappa shape index (κ2) is 131. The molecule has 0 bridgehead atoms. The molecular weight excluding hydrogens is 847 g/mol. The van der Waals surface area contributed by atoms with Gasteiger partial charge < -0.3 is 0 Å². The van der Waals surface area contributed by atoms with Crippen LogP contribution in [0.3, 0.4) is 0 Å². The monoisotopic (exact) mass is 970 g/mol. The predicted octanol–water partition coefficient (Wildman–Crippen LogP) is 20.7. The van der Waals surface area contributed by atoms with Gasteiger partial charge in [0, 0.05) is 49.1 Å². The van der Waals surface area contributed by atoms with Crippen LogP contribution in [0.1, 0.15) is 222 Å². The highest BCUT2D eigenvalue weighted by atomic mass is 15.0. The zero-order chi connectivity index (χ0) is 54.7. The van der Waals surface area contributed by atoms with Gasteiger partial charge in [-0.2, -0.15) is 0 Å². The number of hydrogen-bond acceptors (Lipinski definition) is 9. The maximum Gasteiger partial charge on any atom is 0.128 e. The molecule has 0 saturated heterocycles. The highest BCUT2D eigenvalue weighted by molar-refractivity contribution is 5.11. The van der Waals surface area contributed by atoms with E-state index in [9.17, 15) is 0 Å². The lowest BCUT2D eigenvalue weighted by molar-refractivity contribution is 0.974. The number of aryl methyl sites for hydroxylation is 6. The molecule has 0 saturated carbocycles. The van der Waals surface area contributed by atoms with Gasteiger partial charge in [0.05, 0.1) is 0 Å². The third-order valence-electron chi connectivity index (χ3n) is 4.64. The fourth-order valence-corrected chi connectivity index (χ4v) is 2.44. The molecule has 0 atom stereocenters. The molecule has 6 rings (SSSR count). The van der Waals surface area contributed by atoms with E-state index in [2.05, 4.69) is 63.9 Å². The zero-order valence-electron chi connectivity index (χ0n) is 49.1. The minimum absolute atomic E-state index is 0. The van der Waals surface area contributed by atoms with Gasteiger partial charge in [0.25, 0.3) is 0 Å². The second-order valence-electron chi connectivity index (χ2n) is 8.66. The largest absolute Gasteiger partial charge is 0.265 e. The summed E-state index contributed by atoms with van der Waals surface area (Å²) >= 11 is 0. The SMILES string of the molecule is C.C.C.CC.CC.CC.CC.CC.CC.CC.CC.CC.CC.CC.CC.Cc1ccccc1.Cc1cccnc1.Cc1ccncc1.Cc1ccncn1.Cc1cncnc1.Cc1ncncn1. The molecule has 408 valence electrons. The summed E-state index contributed by atoms with van der Waals surface area (Å²) < 4.78 is 0. The van der Waals surface area contributed by atoms with Gasteiger partial charge in [-0.3, -0.25) is 9.97 Å². The summed E-state index contributed by atoms with van der Waals surface area (Å²) in [5.41, 5.74) is 5.90. The van der Waals surface area contributed by atoms with Crippen molar-refractivity contribution in [1.82, 2.24) is 44.9 Å². The van der Waals surface area contributed by atoms with E-state index in [1.165, 1.54) is 42.0 Å². The van der Waals surface area contributed by atoms with Crippen LogP contribution in [0, 0.1) is 41.5 Å². The lowest BCUT2D eigenvalue weighted by Crippen LogP contribution is -1.84. The van der Waals surface area contributed by atoms with Crippen LogP contribution in [0.2, 0.25) is 0 Å². The Kier molecular flexibility index (Phi) is 200. The van der Waals surface area contributed by atoms with Gasteiger partial charge >= 0.3 is 0 Å². The van der Waals surface area contributed by atoms with Crippen LogP contribution in [0.5, 0.6) is 0 Å². The molecule has 0 N–H and O–H groups in total. The fraction of sp³-hybridized carbons (Fsp3) is 0.550. The summed E-state index contributed by atoms with van der Waals surface area (Å²) in [4.78, 5) is 34.0. The Hall–Kier alpha value is -5.31. The van der Waals surface area contributed by atoms with Gasteiger partial charge in [0.15, 0.2) is 0 Å². The number of benzene rings is 1. The van der Waals surface area contributed by atoms with Crippen molar-refractivity contribution in [3.8, 4) is 0 Å². The summed E-state index contributed by atoms with van der Waals surface area (Å²) in [5.74, 6) is 0.759. The molecule has 69 heavy (non-hydrogen) atoms. The first-order valence-electron chi connectivity index (χ1n) is 25.1. The molecule has 0 aliphatic heterocycles. The first-order chi connectivity index (χ1) is 32.4. The van der Waals surface area contributed by atoms with E-state index in [0.717, 1.165) is 17.1 Å². The van der Waals surface area contributed by atoms with Crippen molar-refractivity contribution in [2.45, 2.75) is 230 Å². The summed E-state index contributed by atoms with van der Waals surface area (Å²) in [6.45, 7) is 59.9. The van der Waals surface area contributed by atoms with E-state index in [-0.39, 0.29) is 22.3 Å². The molecule has 0 spiro atoms. The summed E-state index contributed by atoms with van der Waals surface area (Å²) in [7, 11) is 0. The second-order valence-corrected chi connectivity index (χ2v) is 8.66. The Morgan fingerprint density at radius 1 is 0.246 bits per heavy atom. The Bertz CT molecular complexity index is 1110. The van der Waals surface area contributed by atoms with Crippen molar-refractivity contribution in [3.05, 3.63) is 163 Å². The minimum atomic E-state index is 0. The predicted molar refractivity (Wildman–Crippen MR) is 324 cm³/mol. The molecule has 1 aromatic carbocycles. The highest BCUT2D eigenvalue weighted by Gasteiger charge is 1.77. The lowest BCUT2D eigenvalue weighted by Gasteiger charge is -1.82. The molecule has 0 unspecified atom stereocenters. The van der Waals surface area contributed by atoms with Gasteiger partial charge in [-0.1, -0.05) is 230 Å². The van der Waals surface area contributed by atoms with E-state index in [1.807, 2.05) is 256 Å². The van der Waals surface area contributed by atoms with Crippen LogP contribution in [0.25, 0.3) is 0 Å². The van der Waals surface area contributed by atoms with Crippen molar-refractivity contribution < 1.29 is 0 Å². The van der Waals surface area contributed by atoms with Crippen LogP contribution in [-0.4, -0.2) is 44.9 Å². The van der Waals surface area contributed by atoms with Gasteiger partial charge in [-0.15, -0.1) is 0 Å². The van der Waals surface area contributed by atoms with E-state index < -0.39 is 0 Å². The van der Waals surface area contributed by atoms with Crippen LogP contribution in [0.4, 0.5) is 0 Å². The lowest BCUT2D eigenvalue weighted by atomic mass is 10.2. The Balaban J connectivity index is -0.0000000356. The maximum absolute atomic E-state index is 3.88. The van der Waals surface area contributed by atoms with Crippen molar-refractivity contribution in [2.75, 3.05) is 0 Å². The Morgan fingerprint density at radius 2 is 0.580 bits per heavy atom. The van der Waals surface area contributed by atoms with Crippen molar-refractivity contribution >= 4 is 0 Å². The highest BCUT2D eigenvalue weighted by Crippen LogP contribution is 1.92. The molecule has 0 fully saturated rings. The van der Waals surface area contributed by atoms with Gasteiger partial charge in [-0.05, 0) is 82.5 Å². The van der Waals surface area contributed by atoms with Crippen molar-refractivity contribution in [1.29, 1.82) is 0 Å². The van der Waals surface area contributed by atoms with E-state index >= 15 is 0 Å². The van der Waals surface area contributed by atoms with Crippen LogP contribution in [-0.2, 0) is 0 Å². The van der Waals surface area contributed by atoms with Crippen LogP contribution >= 0.6 is 0 Å². The van der Waals surface area contributed by atoms with Crippen LogP contribution in [0.15, 0.2) is 129 Å².